The Morgan fingerprint density at radius 2 is 1.56 bits per heavy atom. The van der Waals surface area contributed by atoms with Crippen molar-refractivity contribution in [3.8, 4) is 0 Å². The second-order valence-electron chi connectivity index (χ2n) is 5.29. The van der Waals surface area contributed by atoms with Crippen molar-refractivity contribution in [2.45, 2.75) is 79.1 Å². The fourth-order valence-corrected chi connectivity index (χ4v) is 2.16. The third-order valence-corrected chi connectivity index (χ3v) is 3.74. The number of hydrogen-bond donors (Lipinski definition) is 0. The molecule has 0 aliphatic carbocycles. The molecule has 0 unspecified atom stereocenters. The van der Waals surface area contributed by atoms with Gasteiger partial charge < -0.3 is 4.74 Å². The van der Waals surface area contributed by atoms with Crippen molar-refractivity contribution in [2.75, 3.05) is 6.61 Å². The Labute approximate surface area is 113 Å². The highest BCUT2D eigenvalue weighted by atomic mass is 16.5. The lowest BCUT2D eigenvalue weighted by molar-refractivity contribution is -0.150. The van der Waals surface area contributed by atoms with Gasteiger partial charge in [-0.2, -0.15) is 0 Å². The number of esters is 1. The van der Waals surface area contributed by atoms with E-state index in [1.54, 1.807) is 0 Å². The van der Waals surface area contributed by atoms with Crippen LogP contribution in [0.15, 0.2) is 0 Å². The lowest BCUT2D eigenvalue weighted by Gasteiger charge is -2.18. The maximum absolute atomic E-state index is 12.0. The molecule has 0 aromatic rings. The molecule has 0 saturated carbocycles. The van der Waals surface area contributed by atoms with Crippen LogP contribution in [-0.2, 0) is 9.53 Å². The molecule has 0 radical (unpaired) electrons. The first-order valence-corrected chi connectivity index (χ1v) is 7.86. The maximum atomic E-state index is 12.0. The molecule has 0 aliphatic rings. The monoisotopic (exact) mass is 256 g/mol. The van der Waals surface area contributed by atoms with Gasteiger partial charge in [0.2, 0.25) is 0 Å². The van der Waals surface area contributed by atoms with Crippen LogP contribution in [0.25, 0.3) is 0 Å². The van der Waals surface area contributed by atoms with E-state index in [0.717, 1.165) is 32.1 Å². The summed E-state index contributed by atoms with van der Waals surface area (Å²) in [5.74, 6) is 0.701. The van der Waals surface area contributed by atoms with Crippen molar-refractivity contribution < 1.29 is 9.53 Å². The third kappa shape index (κ3) is 7.73. The first-order valence-electron chi connectivity index (χ1n) is 7.86. The van der Waals surface area contributed by atoms with Crippen LogP contribution in [0, 0.1) is 11.8 Å². The van der Waals surface area contributed by atoms with E-state index in [1.807, 2.05) is 0 Å². The highest BCUT2D eigenvalue weighted by molar-refractivity contribution is 5.72. The average Bonchev–Trinajstić information content (AvgIpc) is 2.39. The summed E-state index contributed by atoms with van der Waals surface area (Å²) in [4.78, 5) is 12.0. The van der Waals surface area contributed by atoms with Gasteiger partial charge in [0.25, 0.3) is 0 Å². The van der Waals surface area contributed by atoms with Crippen molar-refractivity contribution in [3.05, 3.63) is 0 Å². The van der Waals surface area contributed by atoms with Crippen LogP contribution in [0.4, 0.5) is 0 Å². The topological polar surface area (TPSA) is 26.3 Å². The smallest absolute Gasteiger partial charge is 0.308 e. The third-order valence-electron chi connectivity index (χ3n) is 3.74. The van der Waals surface area contributed by atoms with E-state index < -0.39 is 0 Å². The molecule has 0 saturated heterocycles. The van der Waals surface area contributed by atoms with Crippen LogP contribution in [0.1, 0.15) is 79.1 Å². The minimum atomic E-state index is 0.0286. The van der Waals surface area contributed by atoms with Crippen molar-refractivity contribution in [1.29, 1.82) is 0 Å². The van der Waals surface area contributed by atoms with Gasteiger partial charge in [0.05, 0.1) is 12.5 Å². The molecule has 0 aromatic heterocycles. The van der Waals surface area contributed by atoms with Gasteiger partial charge in [-0.3, -0.25) is 4.79 Å². The summed E-state index contributed by atoms with van der Waals surface area (Å²) < 4.78 is 5.50. The van der Waals surface area contributed by atoms with E-state index in [4.69, 9.17) is 4.74 Å². The Morgan fingerprint density at radius 3 is 2.06 bits per heavy atom. The average molecular weight is 256 g/mol. The zero-order valence-electron chi connectivity index (χ0n) is 12.8. The summed E-state index contributed by atoms with van der Waals surface area (Å²) >= 11 is 0. The zero-order chi connectivity index (χ0) is 13.8. The Hall–Kier alpha value is -0.530. The fraction of sp³-hybridized carbons (Fsp3) is 0.938. The predicted molar refractivity (Wildman–Crippen MR) is 77.6 cm³/mol. The molecule has 0 N–H and O–H groups in total. The minimum absolute atomic E-state index is 0.0286. The molecule has 0 heterocycles. The summed E-state index contributed by atoms with van der Waals surface area (Å²) in [5.41, 5.74) is 0. The normalized spacial score (nSPS) is 14.2. The Balaban J connectivity index is 3.95. The molecular weight excluding hydrogens is 224 g/mol. The van der Waals surface area contributed by atoms with Crippen LogP contribution in [-0.4, -0.2) is 12.6 Å². The molecule has 18 heavy (non-hydrogen) atoms. The zero-order valence-corrected chi connectivity index (χ0v) is 12.8. The molecular formula is C16H32O2. The molecule has 0 spiro atoms. The molecule has 2 atom stereocenters. The number of rotatable bonds is 11. The number of hydrogen-bond acceptors (Lipinski definition) is 2. The Morgan fingerprint density at radius 1 is 0.944 bits per heavy atom. The van der Waals surface area contributed by atoms with Crippen LogP contribution in [0.5, 0.6) is 0 Å². The molecule has 0 amide bonds. The van der Waals surface area contributed by atoms with E-state index in [0.29, 0.717) is 12.5 Å². The van der Waals surface area contributed by atoms with Crippen molar-refractivity contribution in [2.24, 2.45) is 11.8 Å². The van der Waals surface area contributed by atoms with Gasteiger partial charge >= 0.3 is 5.97 Å². The quantitative estimate of drug-likeness (QED) is 0.488. The summed E-state index contributed by atoms with van der Waals surface area (Å²) in [5, 5.41) is 0. The van der Waals surface area contributed by atoms with Gasteiger partial charge in [-0.1, -0.05) is 59.8 Å². The van der Waals surface area contributed by atoms with Gasteiger partial charge in [0, 0.05) is 0 Å². The standard InChI is InChI=1S/C16H32O2/c1-5-9-11-14(7-3)13-18-16(17)15(8-4)12-10-6-2/h14-15H,5-13H2,1-4H3/t14-,15-/m1/s1. The number of carbonyl (C=O) groups excluding carboxylic acids is 1. The lowest BCUT2D eigenvalue weighted by atomic mass is 9.98. The maximum Gasteiger partial charge on any atom is 0.308 e. The molecule has 0 fully saturated rings. The SMILES string of the molecule is CCCC[C@@H](CC)COC(=O)[C@H](CC)CCCC. The summed E-state index contributed by atoms with van der Waals surface area (Å²) in [6.45, 7) is 9.25. The van der Waals surface area contributed by atoms with Crippen LogP contribution in [0.2, 0.25) is 0 Å². The van der Waals surface area contributed by atoms with Crippen LogP contribution >= 0.6 is 0 Å². The first kappa shape index (κ1) is 17.5. The highest BCUT2D eigenvalue weighted by Gasteiger charge is 2.18. The summed E-state index contributed by atoms with van der Waals surface area (Å²) in [7, 11) is 0. The van der Waals surface area contributed by atoms with Crippen molar-refractivity contribution in [3.63, 3.8) is 0 Å². The number of unbranched alkanes of at least 4 members (excludes halogenated alkanes) is 2. The van der Waals surface area contributed by atoms with Gasteiger partial charge in [-0.15, -0.1) is 0 Å². The predicted octanol–water partition coefficient (Wildman–Crippen LogP) is 4.96. The molecule has 0 aliphatic heterocycles. The fourth-order valence-electron chi connectivity index (χ4n) is 2.16. The van der Waals surface area contributed by atoms with Gasteiger partial charge in [0.1, 0.15) is 0 Å². The molecule has 108 valence electrons. The summed E-state index contributed by atoms with van der Waals surface area (Å²) in [6, 6.07) is 0. The van der Waals surface area contributed by atoms with Crippen LogP contribution in [0.3, 0.4) is 0 Å². The lowest BCUT2D eigenvalue weighted by Crippen LogP contribution is -2.21. The number of ether oxygens (including phenoxy) is 1. The van der Waals surface area contributed by atoms with E-state index in [1.165, 1.54) is 19.3 Å². The second kappa shape index (κ2) is 11.6. The van der Waals surface area contributed by atoms with E-state index in [-0.39, 0.29) is 11.9 Å². The van der Waals surface area contributed by atoms with E-state index in [2.05, 4.69) is 27.7 Å². The second-order valence-corrected chi connectivity index (χ2v) is 5.29. The molecule has 0 bridgehead atoms. The van der Waals surface area contributed by atoms with Crippen molar-refractivity contribution >= 4 is 5.97 Å². The van der Waals surface area contributed by atoms with Crippen molar-refractivity contribution in [1.82, 2.24) is 0 Å². The Bertz CT molecular complexity index is 201. The largest absolute Gasteiger partial charge is 0.465 e. The highest BCUT2D eigenvalue weighted by Crippen LogP contribution is 2.17. The van der Waals surface area contributed by atoms with E-state index >= 15 is 0 Å². The van der Waals surface area contributed by atoms with Gasteiger partial charge in [0.15, 0.2) is 0 Å². The van der Waals surface area contributed by atoms with E-state index in [9.17, 15) is 4.79 Å². The first-order chi connectivity index (χ1) is 8.69. The molecule has 0 rings (SSSR count). The number of carbonyl (C=O) groups is 1. The van der Waals surface area contributed by atoms with Gasteiger partial charge in [-0.05, 0) is 25.2 Å². The Kier molecular flexibility index (Phi) is 11.2. The van der Waals surface area contributed by atoms with Gasteiger partial charge in [-0.25, -0.2) is 0 Å². The van der Waals surface area contributed by atoms with Crippen LogP contribution < -0.4 is 0 Å². The molecule has 0 aromatic carbocycles. The molecule has 2 heteroatoms. The summed E-state index contributed by atoms with van der Waals surface area (Å²) in [6.07, 6.45) is 8.92. The minimum Gasteiger partial charge on any atom is -0.465 e. The molecule has 2 nitrogen and oxygen atoms in total.